The molecule has 1 fully saturated rings. The zero-order valence-corrected chi connectivity index (χ0v) is 16.3. The number of nitrogens with one attached hydrogen (secondary N) is 2. The Hall–Kier alpha value is -2.61. The highest BCUT2D eigenvalue weighted by atomic mass is 16.5. The van der Waals surface area contributed by atoms with Crippen molar-refractivity contribution in [3.05, 3.63) is 24.7 Å². The summed E-state index contributed by atoms with van der Waals surface area (Å²) < 4.78 is 7.07. The van der Waals surface area contributed by atoms with Crippen molar-refractivity contribution in [3.63, 3.8) is 0 Å². The fourth-order valence-electron chi connectivity index (χ4n) is 3.43. The van der Waals surface area contributed by atoms with Crippen LogP contribution >= 0.6 is 0 Å². The molecule has 1 aliphatic rings. The summed E-state index contributed by atoms with van der Waals surface area (Å²) in [4.78, 5) is 14.9. The normalized spacial score (nSPS) is 16.4. The third-order valence-corrected chi connectivity index (χ3v) is 5.36. The maximum absolute atomic E-state index is 5.20. The van der Waals surface area contributed by atoms with Gasteiger partial charge < -0.3 is 19.9 Å². The molecule has 0 spiro atoms. The van der Waals surface area contributed by atoms with E-state index in [1.807, 2.05) is 23.1 Å². The molecule has 8 nitrogen and oxygen atoms in total. The van der Waals surface area contributed by atoms with E-state index in [9.17, 15) is 0 Å². The number of fused-ring (bicyclic) bond motifs is 1. The minimum Gasteiger partial charge on any atom is -0.382 e. The van der Waals surface area contributed by atoms with Crippen molar-refractivity contribution in [1.82, 2.24) is 24.7 Å². The number of rotatable bonds is 8. The van der Waals surface area contributed by atoms with Gasteiger partial charge in [0.15, 0.2) is 0 Å². The summed E-state index contributed by atoms with van der Waals surface area (Å²) in [5.74, 6) is 2.27. The number of aromatic amines is 1. The number of nitrogens with zero attached hydrogens (tertiary/aromatic N) is 5. The molecule has 2 atom stereocenters. The van der Waals surface area contributed by atoms with Gasteiger partial charge in [0.25, 0.3) is 0 Å². The van der Waals surface area contributed by atoms with Crippen LogP contribution in [0.4, 0.5) is 17.5 Å². The van der Waals surface area contributed by atoms with Crippen LogP contribution in [0.1, 0.15) is 32.7 Å². The van der Waals surface area contributed by atoms with Gasteiger partial charge >= 0.3 is 0 Å². The van der Waals surface area contributed by atoms with E-state index in [4.69, 9.17) is 9.72 Å². The minimum absolute atomic E-state index is 0.165. The molecule has 0 aromatic carbocycles. The number of hydrogen-bond donors (Lipinski definition) is 2. The molecule has 0 amide bonds. The average molecular weight is 369 g/mol. The largest absolute Gasteiger partial charge is 0.382 e. The molecular formula is C19H27N7O. The lowest BCUT2D eigenvalue weighted by Crippen LogP contribution is -2.31. The van der Waals surface area contributed by atoms with Crippen molar-refractivity contribution in [1.29, 1.82) is 0 Å². The lowest BCUT2D eigenvalue weighted by atomic mass is 10.2. The summed E-state index contributed by atoms with van der Waals surface area (Å²) in [6.45, 7) is 4.95. The summed E-state index contributed by atoms with van der Waals surface area (Å²) in [6.07, 6.45) is 8.24. The van der Waals surface area contributed by atoms with Crippen molar-refractivity contribution in [2.24, 2.45) is 5.92 Å². The molecule has 3 aromatic rings. The first-order valence-electron chi connectivity index (χ1n) is 9.45. The standard InChI is InChI=1S/C19H27N7O/c1-12(11-27-4)26-10-15(9-21-26)22-19-23-17-16(7-8-20-17)18(24-19)25(3)13(2)14-5-6-14/h7-10,12-14H,5-6,11H2,1-4H3,(H2,20,22,23,24)/t12?,13-/m0/s1. The van der Waals surface area contributed by atoms with Gasteiger partial charge in [0.05, 0.1) is 29.9 Å². The lowest BCUT2D eigenvalue weighted by molar-refractivity contribution is 0.157. The van der Waals surface area contributed by atoms with Gasteiger partial charge in [-0.1, -0.05) is 0 Å². The van der Waals surface area contributed by atoms with Gasteiger partial charge in [-0.25, -0.2) is 0 Å². The Morgan fingerprint density at radius 1 is 1.37 bits per heavy atom. The van der Waals surface area contributed by atoms with Crippen LogP contribution in [0.15, 0.2) is 24.7 Å². The van der Waals surface area contributed by atoms with Gasteiger partial charge in [0.2, 0.25) is 5.95 Å². The molecule has 1 aliphatic carbocycles. The van der Waals surface area contributed by atoms with Gasteiger partial charge in [-0.15, -0.1) is 0 Å². The topological polar surface area (TPSA) is 83.9 Å². The summed E-state index contributed by atoms with van der Waals surface area (Å²) in [7, 11) is 3.81. The van der Waals surface area contributed by atoms with E-state index >= 15 is 0 Å². The number of methoxy groups -OCH3 is 1. The molecule has 3 aromatic heterocycles. The zero-order chi connectivity index (χ0) is 19.0. The van der Waals surface area contributed by atoms with Crippen LogP contribution in [-0.2, 0) is 4.74 Å². The number of ether oxygens (including phenoxy) is 1. The van der Waals surface area contributed by atoms with Gasteiger partial charge in [0, 0.05) is 32.6 Å². The SMILES string of the molecule is COCC(C)n1cc(Nc2nc(N(C)[C@@H](C)C3CC3)c3cc[nH]c3n2)cn1. The van der Waals surface area contributed by atoms with Crippen molar-refractivity contribution in [2.45, 2.75) is 38.8 Å². The Morgan fingerprint density at radius 2 is 2.19 bits per heavy atom. The number of aromatic nitrogens is 5. The summed E-state index contributed by atoms with van der Waals surface area (Å²) >= 11 is 0. The zero-order valence-electron chi connectivity index (χ0n) is 16.3. The lowest BCUT2D eigenvalue weighted by Gasteiger charge is -2.26. The second-order valence-electron chi connectivity index (χ2n) is 7.44. The molecular weight excluding hydrogens is 342 g/mol. The third kappa shape index (κ3) is 3.62. The third-order valence-electron chi connectivity index (χ3n) is 5.36. The molecule has 1 saturated carbocycles. The Labute approximate surface area is 158 Å². The Balaban J connectivity index is 1.60. The fraction of sp³-hybridized carbons (Fsp3) is 0.526. The molecule has 27 heavy (non-hydrogen) atoms. The van der Waals surface area contributed by atoms with E-state index in [1.54, 1.807) is 13.3 Å². The Morgan fingerprint density at radius 3 is 2.93 bits per heavy atom. The molecule has 0 saturated heterocycles. The predicted molar refractivity (Wildman–Crippen MR) is 107 cm³/mol. The molecule has 144 valence electrons. The molecule has 0 radical (unpaired) electrons. The number of anilines is 3. The molecule has 0 aliphatic heterocycles. The van der Waals surface area contributed by atoms with E-state index in [2.05, 4.69) is 46.2 Å². The van der Waals surface area contributed by atoms with Crippen molar-refractivity contribution >= 4 is 28.5 Å². The molecule has 0 bridgehead atoms. The van der Waals surface area contributed by atoms with E-state index < -0.39 is 0 Å². The fourth-order valence-corrected chi connectivity index (χ4v) is 3.43. The van der Waals surface area contributed by atoms with Crippen molar-refractivity contribution in [2.75, 3.05) is 31.0 Å². The highest BCUT2D eigenvalue weighted by molar-refractivity contribution is 5.89. The highest BCUT2D eigenvalue weighted by Crippen LogP contribution is 2.37. The van der Waals surface area contributed by atoms with Crippen LogP contribution in [0.25, 0.3) is 11.0 Å². The van der Waals surface area contributed by atoms with Crippen LogP contribution < -0.4 is 10.2 Å². The van der Waals surface area contributed by atoms with E-state index in [0.29, 0.717) is 18.6 Å². The molecule has 3 heterocycles. The van der Waals surface area contributed by atoms with Gasteiger partial charge in [0.1, 0.15) is 11.5 Å². The Bertz CT molecular complexity index is 914. The first-order chi connectivity index (χ1) is 13.1. The Kier molecular flexibility index (Phi) is 4.73. The quantitative estimate of drug-likeness (QED) is 0.634. The highest BCUT2D eigenvalue weighted by Gasteiger charge is 2.32. The predicted octanol–water partition coefficient (Wildman–Crippen LogP) is 3.34. The summed E-state index contributed by atoms with van der Waals surface area (Å²) in [6, 6.07) is 2.66. The minimum atomic E-state index is 0.165. The summed E-state index contributed by atoms with van der Waals surface area (Å²) in [5, 5.41) is 8.73. The van der Waals surface area contributed by atoms with Gasteiger partial charge in [-0.3, -0.25) is 4.68 Å². The van der Waals surface area contributed by atoms with Crippen LogP contribution in [-0.4, -0.2) is 51.5 Å². The maximum Gasteiger partial charge on any atom is 0.231 e. The van der Waals surface area contributed by atoms with Gasteiger partial charge in [-0.2, -0.15) is 15.1 Å². The van der Waals surface area contributed by atoms with Crippen LogP contribution in [0.5, 0.6) is 0 Å². The molecule has 2 N–H and O–H groups in total. The van der Waals surface area contributed by atoms with E-state index in [0.717, 1.165) is 28.5 Å². The van der Waals surface area contributed by atoms with Crippen LogP contribution in [0.3, 0.4) is 0 Å². The first kappa shape index (κ1) is 17.8. The second kappa shape index (κ2) is 7.19. The van der Waals surface area contributed by atoms with E-state index in [-0.39, 0.29) is 6.04 Å². The van der Waals surface area contributed by atoms with E-state index in [1.165, 1.54) is 12.8 Å². The van der Waals surface area contributed by atoms with Crippen molar-refractivity contribution in [3.8, 4) is 0 Å². The van der Waals surface area contributed by atoms with Crippen molar-refractivity contribution < 1.29 is 4.74 Å². The molecule has 8 heteroatoms. The first-order valence-corrected chi connectivity index (χ1v) is 9.45. The average Bonchev–Trinajstić information content (AvgIpc) is 3.22. The number of H-pyrrole nitrogens is 1. The molecule has 1 unspecified atom stereocenters. The second-order valence-corrected chi connectivity index (χ2v) is 7.44. The summed E-state index contributed by atoms with van der Waals surface area (Å²) in [5.41, 5.74) is 1.69. The maximum atomic E-state index is 5.20. The number of hydrogen-bond acceptors (Lipinski definition) is 6. The van der Waals surface area contributed by atoms with Crippen LogP contribution in [0.2, 0.25) is 0 Å². The van der Waals surface area contributed by atoms with Gasteiger partial charge in [-0.05, 0) is 38.7 Å². The smallest absolute Gasteiger partial charge is 0.231 e. The molecule has 4 rings (SSSR count). The van der Waals surface area contributed by atoms with Crippen LogP contribution in [0, 0.1) is 5.92 Å². The monoisotopic (exact) mass is 369 g/mol.